The summed E-state index contributed by atoms with van der Waals surface area (Å²) >= 11 is 0. The highest BCUT2D eigenvalue weighted by atomic mass is 14.6. The average molecular weight is 331 g/mol. The molecule has 0 N–H and O–H groups in total. The van der Waals surface area contributed by atoms with Gasteiger partial charge in [-0.05, 0) is 104 Å². The lowest BCUT2D eigenvalue weighted by molar-refractivity contribution is -0.0659. The molecule has 4 aliphatic rings. The molecule has 0 nitrogen and oxygen atoms in total. The quantitative estimate of drug-likeness (QED) is 0.514. The molecule has 10 unspecified atom stereocenters. The molecule has 0 aliphatic heterocycles. The summed E-state index contributed by atoms with van der Waals surface area (Å²) in [6.45, 7) is 10.1. The number of fused-ring (bicyclic) bond motifs is 5. The van der Waals surface area contributed by atoms with E-state index in [-0.39, 0.29) is 0 Å². The van der Waals surface area contributed by atoms with E-state index in [1.54, 1.807) is 44.9 Å². The van der Waals surface area contributed by atoms with Crippen LogP contribution in [0.2, 0.25) is 0 Å². The molecule has 0 radical (unpaired) electrons. The van der Waals surface area contributed by atoms with Crippen LogP contribution in [0.3, 0.4) is 0 Å². The van der Waals surface area contributed by atoms with E-state index in [0.29, 0.717) is 0 Å². The van der Waals surface area contributed by atoms with Crippen LogP contribution in [-0.2, 0) is 0 Å². The second kappa shape index (κ2) is 6.96. The van der Waals surface area contributed by atoms with Crippen LogP contribution in [0.15, 0.2) is 0 Å². The topological polar surface area (TPSA) is 0 Å². The first-order chi connectivity index (χ1) is 11.6. The molecule has 138 valence electrons. The van der Waals surface area contributed by atoms with Gasteiger partial charge in [-0.2, -0.15) is 0 Å². The van der Waals surface area contributed by atoms with Gasteiger partial charge in [0, 0.05) is 0 Å². The summed E-state index contributed by atoms with van der Waals surface area (Å²) in [4.78, 5) is 0. The van der Waals surface area contributed by atoms with Crippen molar-refractivity contribution in [3.63, 3.8) is 0 Å². The largest absolute Gasteiger partial charge is 0.0654 e. The van der Waals surface area contributed by atoms with Gasteiger partial charge in [-0.3, -0.25) is 0 Å². The van der Waals surface area contributed by atoms with E-state index in [1.807, 2.05) is 0 Å². The van der Waals surface area contributed by atoms with Gasteiger partial charge in [0.1, 0.15) is 0 Å². The lowest BCUT2D eigenvalue weighted by atomic mass is 9.50. The third-order valence-electron chi connectivity index (χ3n) is 9.42. The molecule has 0 amide bonds. The van der Waals surface area contributed by atoms with Gasteiger partial charge in [0.15, 0.2) is 0 Å². The van der Waals surface area contributed by atoms with Crippen molar-refractivity contribution >= 4 is 0 Å². The Hall–Kier alpha value is 0. The summed E-state index contributed by atoms with van der Waals surface area (Å²) in [5.74, 6) is 10.8. The Morgan fingerprint density at radius 3 is 2.25 bits per heavy atom. The molecule has 0 spiro atoms. The first-order valence-electron chi connectivity index (χ1n) is 11.6. The summed E-state index contributed by atoms with van der Waals surface area (Å²) in [5.41, 5.74) is 0. The van der Waals surface area contributed by atoms with Crippen molar-refractivity contribution in [2.45, 2.75) is 91.9 Å². The lowest BCUT2D eigenvalue weighted by Gasteiger charge is -2.56. The second-order valence-corrected chi connectivity index (χ2v) is 10.7. The van der Waals surface area contributed by atoms with Gasteiger partial charge in [0.05, 0.1) is 0 Å². The maximum Gasteiger partial charge on any atom is -0.0326 e. The van der Waals surface area contributed by atoms with Gasteiger partial charge in [0.25, 0.3) is 0 Å². The standard InChI is InChI=1S/C24H42/c1-5-6-16(3)19-9-11-23-21(19)10-12-22-20-8-7-15(2)13-18(20)14-17(4)24(22)23/h15-24H,5-14H2,1-4H3. The van der Waals surface area contributed by atoms with Crippen LogP contribution in [0.25, 0.3) is 0 Å². The Labute approximate surface area is 151 Å². The van der Waals surface area contributed by atoms with Crippen molar-refractivity contribution in [1.82, 2.24) is 0 Å². The van der Waals surface area contributed by atoms with E-state index in [0.717, 1.165) is 59.2 Å². The van der Waals surface area contributed by atoms with E-state index in [1.165, 1.54) is 19.3 Å². The predicted octanol–water partition coefficient (Wildman–Crippen LogP) is 7.18. The van der Waals surface area contributed by atoms with E-state index in [2.05, 4.69) is 27.7 Å². The van der Waals surface area contributed by atoms with Crippen LogP contribution in [0, 0.1) is 59.2 Å². The highest BCUT2D eigenvalue weighted by Crippen LogP contribution is 2.62. The van der Waals surface area contributed by atoms with Crippen LogP contribution in [-0.4, -0.2) is 0 Å². The number of hydrogen-bond acceptors (Lipinski definition) is 0. The molecule has 0 saturated heterocycles. The second-order valence-electron chi connectivity index (χ2n) is 10.7. The normalized spacial score (nSPS) is 52.2. The highest BCUT2D eigenvalue weighted by molar-refractivity contribution is 5.03. The zero-order valence-corrected chi connectivity index (χ0v) is 16.8. The van der Waals surface area contributed by atoms with E-state index in [4.69, 9.17) is 0 Å². The molecule has 24 heavy (non-hydrogen) atoms. The van der Waals surface area contributed by atoms with Gasteiger partial charge in [-0.25, -0.2) is 0 Å². The summed E-state index contributed by atoms with van der Waals surface area (Å²) in [5, 5.41) is 0. The fourth-order valence-electron chi connectivity index (χ4n) is 8.64. The van der Waals surface area contributed by atoms with Gasteiger partial charge < -0.3 is 0 Å². The van der Waals surface area contributed by atoms with E-state index < -0.39 is 0 Å². The summed E-state index contributed by atoms with van der Waals surface area (Å²) in [6, 6.07) is 0. The first-order valence-corrected chi connectivity index (χ1v) is 11.6. The van der Waals surface area contributed by atoms with Gasteiger partial charge in [-0.15, -0.1) is 0 Å². The Bertz CT molecular complexity index is 426. The van der Waals surface area contributed by atoms with Crippen molar-refractivity contribution in [3.05, 3.63) is 0 Å². The maximum atomic E-state index is 2.65. The minimum atomic E-state index is 0.990. The molecule has 0 aromatic carbocycles. The molecule has 4 fully saturated rings. The average Bonchev–Trinajstić information content (AvgIpc) is 2.98. The smallest absolute Gasteiger partial charge is 0.0326 e. The third-order valence-corrected chi connectivity index (χ3v) is 9.42. The molecule has 4 saturated carbocycles. The summed E-state index contributed by atoms with van der Waals surface area (Å²) in [6.07, 6.45) is 15.4. The molecule has 0 heteroatoms. The van der Waals surface area contributed by atoms with Crippen LogP contribution < -0.4 is 0 Å². The van der Waals surface area contributed by atoms with Crippen molar-refractivity contribution in [2.75, 3.05) is 0 Å². The van der Waals surface area contributed by atoms with Crippen molar-refractivity contribution in [1.29, 1.82) is 0 Å². The molecular weight excluding hydrogens is 288 g/mol. The van der Waals surface area contributed by atoms with Gasteiger partial charge in [-0.1, -0.05) is 47.0 Å². The monoisotopic (exact) mass is 330 g/mol. The van der Waals surface area contributed by atoms with Gasteiger partial charge in [0.2, 0.25) is 0 Å². The molecular formula is C24H42. The Kier molecular flexibility index (Phi) is 5.05. The SMILES string of the molecule is CCCC(C)C1CCC2C1CCC1C3CCC(C)CC3CC(C)C12. The highest BCUT2D eigenvalue weighted by Gasteiger charge is 2.54. The molecule has 4 aliphatic carbocycles. The van der Waals surface area contributed by atoms with Crippen LogP contribution in [0.1, 0.15) is 91.9 Å². The first kappa shape index (κ1) is 17.4. The van der Waals surface area contributed by atoms with Crippen LogP contribution >= 0.6 is 0 Å². The summed E-state index contributed by atoms with van der Waals surface area (Å²) in [7, 11) is 0. The fraction of sp³-hybridized carbons (Fsp3) is 1.00. The molecule has 0 aromatic heterocycles. The Morgan fingerprint density at radius 1 is 0.792 bits per heavy atom. The lowest BCUT2D eigenvalue weighted by Crippen LogP contribution is -2.48. The number of hydrogen-bond donors (Lipinski definition) is 0. The van der Waals surface area contributed by atoms with E-state index in [9.17, 15) is 0 Å². The minimum absolute atomic E-state index is 0.990. The van der Waals surface area contributed by atoms with Gasteiger partial charge >= 0.3 is 0 Å². The molecule has 10 atom stereocenters. The molecule has 0 bridgehead atoms. The molecule has 4 rings (SSSR count). The Morgan fingerprint density at radius 2 is 1.46 bits per heavy atom. The third kappa shape index (κ3) is 2.88. The fourth-order valence-corrected chi connectivity index (χ4v) is 8.64. The van der Waals surface area contributed by atoms with Crippen molar-refractivity contribution in [3.8, 4) is 0 Å². The molecule has 0 heterocycles. The van der Waals surface area contributed by atoms with Crippen LogP contribution in [0.5, 0.6) is 0 Å². The zero-order valence-electron chi connectivity index (χ0n) is 16.8. The van der Waals surface area contributed by atoms with Crippen molar-refractivity contribution < 1.29 is 0 Å². The zero-order chi connectivity index (χ0) is 16.8. The minimum Gasteiger partial charge on any atom is -0.0654 e. The van der Waals surface area contributed by atoms with E-state index >= 15 is 0 Å². The van der Waals surface area contributed by atoms with Crippen molar-refractivity contribution in [2.24, 2.45) is 59.2 Å². The summed E-state index contributed by atoms with van der Waals surface area (Å²) < 4.78 is 0. The number of rotatable bonds is 3. The molecule has 0 aromatic rings. The maximum absolute atomic E-state index is 2.65. The Balaban J connectivity index is 1.50. The van der Waals surface area contributed by atoms with Crippen LogP contribution in [0.4, 0.5) is 0 Å². The predicted molar refractivity (Wildman–Crippen MR) is 104 cm³/mol.